The van der Waals surface area contributed by atoms with E-state index in [0.29, 0.717) is 23.6 Å². The van der Waals surface area contributed by atoms with Crippen molar-refractivity contribution in [3.05, 3.63) is 65.4 Å². The Balaban J connectivity index is 1.77. The van der Waals surface area contributed by atoms with Crippen LogP contribution in [0.25, 0.3) is 11.5 Å². The van der Waals surface area contributed by atoms with Crippen LogP contribution in [0, 0.1) is 13.8 Å². The fraction of sp³-hybridized carbons (Fsp3) is 0.176. The van der Waals surface area contributed by atoms with E-state index in [2.05, 4.69) is 10.3 Å². The molecular formula is C17H16N2O3. The summed E-state index contributed by atoms with van der Waals surface area (Å²) in [5, 5.41) is 2.89. The van der Waals surface area contributed by atoms with Gasteiger partial charge in [0.2, 0.25) is 0 Å². The Morgan fingerprint density at radius 1 is 1.27 bits per heavy atom. The van der Waals surface area contributed by atoms with Crippen molar-refractivity contribution in [2.45, 2.75) is 20.4 Å². The lowest BCUT2D eigenvalue weighted by molar-refractivity contribution is 0.0949. The maximum Gasteiger partial charge on any atom is 0.255 e. The molecule has 3 rings (SSSR count). The van der Waals surface area contributed by atoms with Gasteiger partial charge in [-0.2, -0.15) is 0 Å². The highest BCUT2D eigenvalue weighted by molar-refractivity contribution is 5.95. The van der Waals surface area contributed by atoms with Crippen molar-refractivity contribution in [1.29, 1.82) is 0 Å². The molecule has 0 spiro atoms. The second-order valence-corrected chi connectivity index (χ2v) is 5.00. The fourth-order valence-corrected chi connectivity index (χ4v) is 2.34. The Labute approximate surface area is 128 Å². The summed E-state index contributed by atoms with van der Waals surface area (Å²) in [5.41, 5.74) is 2.18. The lowest BCUT2D eigenvalue weighted by Gasteiger charge is -2.08. The molecule has 1 N–H and O–H groups in total. The van der Waals surface area contributed by atoms with Crippen LogP contribution in [-0.2, 0) is 6.54 Å². The number of carbonyl (C=O) groups is 1. The highest BCUT2D eigenvalue weighted by atomic mass is 16.3. The van der Waals surface area contributed by atoms with Crippen molar-refractivity contribution < 1.29 is 13.6 Å². The average Bonchev–Trinajstić information content (AvgIpc) is 3.15. The van der Waals surface area contributed by atoms with Gasteiger partial charge in [0.25, 0.3) is 5.91 Å². The first kappa shape index (κ1) is 14.1. The second-order valence-electron chi connectivity index (χ2n) is 5.00. The molecule has 0 atom stereocenters. The predicted molar refractivity (Wildman–Crippen MR) is 81.3 cm³/mol. The highest BCUT2D eigenvalue weighted by Crippen LogP contribution is 2.21. The first-order chi connectivity index (χ1) is 10.6. The normalized spacial score (nSPS) is 10.6. The molecular weight excluding hydrogens is 280 g/mol. The smallest absolute Gasteiger partial charge is 0.255 e. The van der Waals surface area contributed by atoms with Crippen LogP contribution in [0.15, 0.2) is 51.6 Å². The van der Waals surface area contributed by atoms with E-state index in [0.717, 1.165) is 17.0 Å². The van der Waals surface area contributed by atoms with E-state index in [9.17, 15) is 4.79 Å². The molecule has 5 heteroatoms. The van der Waals surface area contributed by atoms with E-state index in [1.807, 2.05) is 31.2 Å². The van der Waals surface area contributed by atoms with Crippen molar-refractivity contribution in [1.82, 2.24) is 10.3 Å². The number of nitrogens with zero attached hydrogens (tertiary/aromatic N) is 1. The van der Waals surface area contributed by atoms with Crippen LogP contribution in [0.4, 0.5) is 0 Å². The minimum atomic E-state index is -0.163. The van der Waals surface area contributed by atoms with E-state index < -0.39 is 0 Å². The van der Waals surface area contributed by atoms with Gasteiger partial charge < -0.3 is 14.2 Å². The summed E-state index contributed by atoms with van der Waals surface area (Å²) in [6.45, 7) is 3.96. The molecule has 0 aliphatic rings. The standard InChI is InChI=1S/C17H16N2O3/c1-11-9-14(12(2)22-11)17(20)19-10-13-5-3-7-18-16(13)15-6-4-8-21-15/h3-9H,10H2,1-2H3,(H,19,20). The minimum Gasteiger partial charge on any atom is -0.466 e. The van der Waals surface area contributed by atoms with Crippen molar-refractivity contribution in [3.8, 4) is 11.5 Å². The van der Waals surface area contributed by atoms with Crippen LogP contribution in [0.2, 0.25) is 0 Å². The fourth-order valence-electron chi connectivity index (χ4n) is 2.34. The molecule has 0 aromatic carbocycles. The van der Waals surface area contributed by atoms with Gasteiger partial charge >= 0.3 is 0 Å². The van der Waals surface area contributed by atoms with Gasteiger partial charge in [0.15, 0.2) is 5.76 Å². The zero-order valence-corrected chi connectivity index (χ0v) is 12.4. The molecule has 0 aliphatic heterocycles. The zero-order chi connectivity index (χ0) is 15.5. The topological polar surface area (TPSA) is 68.3 Å². The highest BCUT2D eigenvalue weighted by Gasteiger charge is 2.14. The second kappa shape index (κ2) is 5.89. The van der Waals surface area contributed by atoms with Crippen molar-refractivity contribution >= 4 is 5.91 Å². The van der Waals surface area contributed by atoms with Gasteiger partial charge in [-0.15, -0.1) is 0 Å². The van der Waals surface area contributed by atoms with Gasteiger partial charge in [0, 0.05) is 18.3 Å². The largest absolute Gasteiger partial charge is 0.466 e. The molecule has 0 saturated heterocycles. The molecule has 3 aromatic rings. The average molecular weight is 296 g/mol. The summed E-state index contributed by atoms with van der Waals surface area (Å²) in [6.07, 6.45) is 3.30. The van der Waals surface area contributed by atoms with Crippen LogP contribution in [0.1, 0.15) is 27.4 Å². The first-order valence-electron chi connectivity index (χ1n) is 6.98. The van der Waals surface area contributed by atoms with Crippen molar-refractivity contribution in [2.24, 2.45) is 0 Å². The summed E-state index contributed by atoms with van der Waals surface area (Å²) in [7, 11) is 0. The molecule has 0 saturated carbocycles. The number of pyridine rings is 1. The minimum absolute atomic E-state index is 0.163. The van der Waals surface area contributed by atoms with Crippen LogP contribution in [0.5, 0.6) is 0 Å². The van der Waals surface area contributed by atoms with E-state index >= 15 is 0 Å². The van der Waals surface area contributed by atoms with Gasteiger partial charge in [-0.3, -0.25) is 9.78 Å². The monoisotopic (exact) mass is 296 g/mol. The van der Waals surface area contributed by atoms with Crippen molar-refractivity contribution in [2.75, 3.05) is 0 Å². The molecule has 0 fully saturated rings. The summed E-state index contributed by atoms with van der Waals surface area (Å²) in [5.74, 6) is 1.86. The van der Waals surface area contributed by atoms with Gasteiger partial charge in [0.05, 0.1) is 11.8 Å². The quantitative estimate of drug-likeness (QED) is 0.800. The van der Waals surface area contributed by atoms with Crippen LogP contribution >= 0.6 is 0 Å². The Bertz CT molecular complexity index is 788. The van der Waals surface area contributed by atoms with E-state index in [1.54, 1.807) is 25.5 Å². The molecule has 0 radical (unpaired) electrons. The third kappa shape index (κ3) is 2.79. The van der Waals surface area contributed by atoms with E-state index in [-0.39, 0.29) is 5.91 Å². The SMILES string of the molecule is Cc1cc(C(=O)NCc2cccnc2-c2ccco2)c(C)o1. The molecule has 3 heterocycles. The lowest BCUT2D eigenvalue weighted by Crippen LogP contribution is -2.23. The summed E-state index contributed by atoms with van der Waals surface area (Å²) in [6, 6.07) is 9.14. The first-order valence-corrected chi connectivity index (χ1v) is 6.98. The predicted octanol–water partition coefficient (Wildman–Crippen LogP) is 3.48. The Morgan fingerprint density at radius 3 is 2.82 bits per heavy atom. The number of amides is 1. The Kier molecular flexibility index (Phi) is 3.78. The number of rotatable bonds is 4. The number of furan rings is 2. The van der Waals surface area contributed by atoms with Gasteiger partial charge in [-0.1, -0.05) is 6.07 Å². The molecule has 3 aromatic heterocycles. The molecule has 112 valence electrons. The molecule has 0 aliphatic carbocycles. The maximum absolute atomic E-state index is 12.2. The number of carbonyl (C=O) groups excluding carboxylic acids is 1. The summed E-state index contributed by atoms with van der Waals surface area (Å²) in [4.78, 5) is 16.6. The number of hydrogen-bond donors (Lipinski definition) is 1. The van der Waals surface area contributed by atoms with Crippen LogP contribution in [-0.4, -0.2) is 10.9 Å². The van der Waals surface area contributed by atoms with Crippen molar-refractivity contribution in [3.63, 3.8) is 0 Å². The summed E-state index contributed by atoms with van der Waals surface area (Å²) >= 11 is 0. The Hall–Kier alpha value is -2.82. The maximum atomic E-state index is 12.2. The van der Waals surface area contributed by atoms with Gasteiger partial charge in [-0.05, 0) is 38.1 Å². The van der Waals surface area contributed by atoms with Crippen LogP contribution < -0.4 is 5.32 Å². The molecule has 1 amide bonds. The number of hydrogen-bond acceptors (Lipinski definition) is 4. The molecule has 0 unspecified atom stereocenters. The van der Waals surface area contributed by atoms with Gasteiger partial charge in [-0.25, -0.2) is 0 Å². The third-order valence-electron chi connectivity index (χ3n) is 3.37. The van der Waals surface area contributed by atoms with E-state index in [1.165, 1.54) is 0 Å². The molecule has 22 heavy (non-hydrogen) atoms. The lowest BCUT2D eigenvalue weighted by atomic mass is 10.1. The van der Waals surface area contributed by atoms with Gasteiger partial charge in [0.1, 0.15) is 17.2 Å². The molecule has 5 nitrogen and oxygen atoms in total. The number of aromatic nitrogens is 1. The number of nitrogens with one attached hydrogen (secondary N) is 1. The summed E-state index contributed by atoms with van der Waals surface area (Å²) < 4.78 is 10.8. The van der Waals surface area contributed by atoms with Crippen LogP contribution in [0.3, 0.4) is 0 Å². The molecule has 0 bridgehead atoms. The van der Waals surface area contributed by atoms with E-state index in [4.69, 9.17) is 8.83 Å². The number of aryl methyl sites for hydroxylation is 2. The Morgan fingerprint density at radius 2 is 2.14 bits per heavy atom. The third-order valence-corrected chi connectivity index (χ3v) is 3.37. The zero-order valence-electron chi connectivity index (χ0n) is 12.4.